The van der Waals surface area contributed by atoms with Crippen LogP contribution in [-0.4, -0.2) is 35.9 Å². The molecule has 0 bridgehead atoms. The quantitative estimate of drug-likeness (QED) is 0.908. The molecule has 1 aliphatic heterocycles. The fraction of sp³-hybridized carbons (Fsp3) is 0.600. The van der Waals surface area contributed by atoms with Gasteiger partial charge in [0.25, 0.3) is 0 Å². The SMILES string of the molecule is CN(Cc1nc(C(F)(F)F)cs1)C(=O)C1CNC1. The molecular weight excluding hydrogens is 267 g/mol. The number of aromatic nitrogens is 1. The molecule has 8 heteroatoms. The predicted octanol–water partition coefficient (Wildman–Crippen LogP) is 1.34. The third-order valence-electron chi connectivity index (χ3n) is 2.72. The highest BCUT2D eigenvalue weighted by atomic mass is 32.1. The zero-order valence-corrected chi connectivity index (χ0v) is 10.4. The van der Waals surface area contributed by atoms with Gasteiger partial charge in [-0.3, -0.25) is 4.79 Å². The zero-order chi connectivity index (χ0) is 13.3. The van der Waals surface area contributed by atoms with E-state index in [0.717, 1.165) is 16.7 Å². The summed E-state index contributed by atoms with van der Waals surface area (Å²) in [7, 11) is 1.58. The Bertz CT molecular complexity index is 442. The molecule has 100 valence electrons. The number of amides is 1. The molecule has 0 spiro atoms. The first-order chi connectivity index (χ1) is 8.38. The van der Waals surface area contributed by atoms with Crippen molar-refractivity contribution >= 4 is 17.2 Å². The highest BCUT2D eigenvalue weighted by Crippen LogP contribution is 2.30. The van der Waals surface area contributed by atoms with E-state index in [2.05, 4.69) is 10.3 Å². The molecule has 0 aliphatic carbocycles. The summed E-state index contributed by atoms with van der Waals surface area (Å²) in [6, 6.07) is 0. The topological polar surface area (TPSA) is 45.2 Å². The number of nitrogens with zero attached hydrogens (tertiary/aromatic N) is 2. The van der Waals surface area contributed by atoms with Gasteiger partial charge in [-0.15, -0.1) is 11.3 Å². The molecule has 18 heavy (non-hydrogen) atoms. The summed E-state index contributed by atoms with van der Waals surface area (Å²) < 4.78 is 37.0. The Morgan fingerprint density at radius 1 is 1.61 bits per heavy atom. The largest absolute Gasteiger partial charge is 0.434 e. The summed E-state index contributed by atoms with van der Waals surface area (Å²) in [6.45, 7) is 1.39. The van der Waals surface area contributed by atoms with Crippen LogP contribution in [0.25, 0.3) is 0 Å². The minimum atomic E-state index is -4.42. The molecule has 1 amide bonds. The first kappa shape index (κ1) is 13.3. The average Bonchev–Trinajstić information content (AvgIpc) is 2.62. The minimum absolute atomic E-state index is 0.0579. The smallest absolute Gasteiger partial charge is 0.339 e. The average molecular weight is 279 g/mol. The van der Waals surface area contributed by atoms with Gasteiger partial charge in [0.15, 0.2) is 5.69 Å². The molecule has 1 aromatic rings. The van der Waals surface area contributed by atoms with Crippen LogP contribution < -0.4 is 5.32 Å². The van der Waals surface area contributed by atoms with Crippen molar-refractivity contribution in [2.24, 2.45) is 5.92 Å². The van der Waals surface area contributed by atoms with Crippen molar-refractivity contribution in [3.63, 3.8) is 0 Å². The minimum Gasteiger partial charge on any atom is -0.339 e. The number of carbonyl (C=O) groups is 1. The Labute approximate surface area is 106 Å². The summed E-state index contributed by atoms with van der Waals surface area (Å²) >= 11 is 0.919. The van der Waals surface area contributed by atoms with Crippen molar-refractivity contribution in [2.75, 3.05) is 20.1 Å². The van der Waals surface area contributed by atoms with Crippen LogP contribution in [0.2, 0.25) is 0 Å². The van der Waals surface area contributed by atoms with Crippen LogP contribution in [0.15, 0.2) is 5.38 Å². The molecule has 1 aliphatic rings. The summed E-state index contributed by atoms with van der Waals surface area (Å²) in [6.07, 6.45) is -4.42. The van der Waals surface area contributed by atoms with Gasteiger partial charge in [0, 0.05) is 25.5 Å². The molecule has 0 atom stereocenters. The molecule has 4 nitrogen and oxygen atoms in total. The number of hydrogen-bond acceptors (Lipinski definition) is 4. The Balaban J connectivity index is 1.96. The zero-order valence-electron chi connectivity index (χ0n) is 9.62. The molecule has 0 aromatic carbocycles. The van der Waals surface area contributed by atoms with E-state index in [1.165, 1.54) is 4.90 Å². The summed E-state index contributed by atoms with van der Waals surface area (Å²) in [5.74, 6) is -0.116. The highest BCUT2D eigenvalue weighted by molar-refractivity contribution is 7.09. The van der Waals surface area contributed by atoms with Gasteiger partial charge in [-0.25, -0.2) is 4.98 Å². The lowest BCUT2D eigenvalue weighted by atomic mass is 10.0. The van der Waals surface area contributed by atoms with Crippen molar-refractivity contribution in [1.82, 2.24) is 15.2 Å². The van der Waals surface area contributed by atoms with Gasteiger partial charge in [0.2, 0.25) is 5.91 Å². The van der Waals surface area contributed by atoms with Crippen LogP contribution in [0, 0.1) is 5.92 Å². The molecule has 0 radical (unpaired) electrons. The van der Waals surface area contributed by atoms with E-state index >= 15 is 0 Å². The fourth-order valence-corrected chi connectivity index (χ4v) is 2.42. The van der Waals surface area contributed by atoms with Gasteiger partial charge in [0.05, 0.1) is 12.5 Å². The molecule has 0 saturated carbocycles. The maximum Gasteiger partial charge on any atom is 0.434 e. The second-order valence-corrected chi connectivity index (χ2v) is 5.12. The van der Waals surface area contributed by atoms with Gasteiger partial charge < -0.3 is 10.2 Å². The second kappa shape index (κ2) is 4.85. The van der Waals surface area contributed by atoms with Gasteiger partial charge in [0.1, 0.15) is 5.01 Å². The van der Waals surface area contributed by atoms with Crippen LogP contribution in [0.1, 0.15) is 10.7 Å². The standard InChI is InChI=1S/C10H12F3N3OS/c1-16(9(17)6-2-14-3-6)4-8-15-7(5-18-8)10(11,12)13/h5-6,14H,2-4H2,1H3. The maximum absolute atomic E-state index is 12.3. The van der Waals surface area contributed by atoms with Crippen LogP contribution in [0.5, 0.6) is 0 Å². The van der Waals surface area contributed by atoms with Gasteiger partial charge in [-0.05, 0) is 0 Å². The molecular formula is C10H12F3N3OS. The van der Waals surface area contributed by atoms with Crippen molar-refractivity contribution in [3.05, 3.63) is 16.1 Å². The molecule has 2 heterocycles. The normalized spacial score (nSPS) is 16.4. The molecule has 1 saturated heterocycles. The second-order valence-electron chi connectivity index (χ2n) is 4.17. The van der Waals surface area contributed by atoms with E-state index in [9.17, 15) is 18.0 Å². The van der Waals surface area contributed by atoms with E-state index < -0.39 is 11.9 Å². The van der Waals surface area contributed by atoms with Crippen LogP contribution in [-0.2, 0) is 17.5 Å². The lowest BCUT2D eigenvalue weighted by Gasteiger charge is -2.29. The van der Waals surface area contributed by atoms with Gasteiger partial charge >= 0.3 is 6.18 Å². The third kappa shape index (κ3) is 2.81. The Kier molecular flexibility index (Phi) is 3.58. The number of hydrogen-bond donors (Lipinski definition) is 1. The lowest BCUT2D eigenvalue weighted by Crippen LogP contribution is -2.50. The van der Waals surface area contributed by atoms with E-state index in [4.69, 9.17) is 0 Å². The Morgan fingerprint density at radius 2 is 2.28 bits per heavy atom. The number of thiazole rings is 1. The maximum atomic E-state index is 12.3. The van der Waals surface area contributed by atoms with Crippen LogP contribution in [0.3, 0.4) is 0 Å². The summed E-state index contributed by atoms with van der Waals surface area (Å²) in [5, 5.41) is 4.24. The number of rotatable bonds is 3. The van der Waals surface area contributed by atoms with E-state index in [0.29, 0.717) is 18.1 Å². The molecule has 1 fully saturated rings. The van der Waals surface area contributed by atoms with Crippen LogP contribution >= 0.6 is 11.3 Å². The highest BCUT2D eigenvalue weighted by Gasteiger charge is 2.34. The Morgan fingerprint density at radius 3 is 2.72 bits per heavy atom. The van der Waals surface area contributed by atoms with Gasteiger partial charge in [-0.1, -0.05) is 0 Å². The summed E-state index contributed by atoms with van der Waals surface area (Å²) in [5.41, 5.74) is -0.895. The van der Waals surface area contributed by atoms with E-state index in [1.54, 1.807) is 7.05 Å². The van der Waals surface area contributed by atoms with E-state index in [-0.39, 0.29) is 18.4 Å². The number of nitrogens with one attached hydrogen (secondary N) is 1. The van der Waals surface area contributed by atoms with Crippen molar-refractivity contribution in [2.45, 2.75) is 12.7 Å². The molecule has 1 N–H and O–H groups in total. The van der Waals surface area contributed by atoms with E-state index in [1.807, 2.05) is 0 Å². The fourth-order valence-electron chi connectivity index (χ4n) is 1.57. The number of alkyl halides is 3. The first-order valence-corrected chi connectivity index (χ1v) is 6.23. The molecule has 0 unspecified atom stereocenters. The Hall–Kier alpha value is -1.15. The van der Waals surface area contributed by atoms with Crippen molar-refractivity contribution < 1.29 is 18.0 Å². The number of halogens is 3. The molecule has 1 aromatic heterocycles. The van der Waals surface area contributed by atoms with Crippen molar-refractivity contribution in [3.8, 4) is 0 Å². The first-order valence-electron chi connectivity index (χ1n) is 5.35. The molecule has 2 rings (SSSR count). The number of carbonyl (C=O) groups excluding carboxylic acids is 1. The van der Waals surface area contributed by atoms with Crippen molar-refractivity contribution in [1.29, 1.82) is 0 Å². The predicted molar refractivity (Wildman–Crippen MR) is 59.9 cm³/mol. The van der Waals surface area contributed by atoms with Gasteiger partial charge in [-0.2, -0.15) is 13.2 Å². The summed E-state index contributed by atoms with van der Waals surface area (Å²) in [4.78, 5) is 16.7. The lowest BCUT2D eigenvalue weighted by molar-refractivity contribution is -0.140. The van der Waals surface area contributed by atoms with Crippen LogP contribution in [0.4, 0.5) is 13.2 Å². The monoisotopic (exact) mass is 279 g/mol. The third-order valence-corrected chi connectivity index (χ3v) is 3.56.